The Morgan fingerprint density at radius 1 is 1.26 bits per heavy atom. The van der Waals surface area contributed by atoms with E-state index in [-0.39, 0.29) is 17.1 Å². The number of nitrogens with one attached hydrogen (secondary N) is 1. The number of phosphoric acid groups is 3. The number of nitrogens with zero attached hydrogens (tertiary/aromatic N) is 6. The van der Waals surface area contributed by atoms with Crippen LogP contribution in [0, 0.1) is 0 Å². The van der Waals surface area contributed by atoms with Gasteiger partial charge in [-0.1, -0.05) is 5.11 Å². The lowest BCUT2D eigenvalue weighted by Crippen LogP contribution is -2.32. The molecule has 8 N–H and O–H groups in total. The molecule has 1 aliphatic rings. The number of aliphatic hydroxyl groups excluding tert-OH is 1. The summed E-state index contributed by atoms with van der Waals surface area (Å²) in [5.74, 6) is -0.289. The largest absolute Gasteiger partial charge is 0.490 e. The summed E-state index contributed by atoms with van der Waals surface area (Å²) in [6, 6.07) is -1.47. The van der Waals surface area contributed by atoms with Gasteiger partial charge >= 0.3 is 23.5 Å². The Morgan fingerprint density at radius 2 is 1.94 bits per heavy atom. The number of nitrogen functional groups attached to an aromatic ring is 1. The lowest BCUT2D eigenvalue weighted by molar-refractivity contribution is -0.0482. The van der Waals surface area contributed by atoms with Crippen LogP contribution in [0.5, 0.6) is 0 Å². The number of nitrogens with two attached hydrogens (primary N) is 1. The van der Waals surface area contributed by atoms with Crippen molar-refractivity contribution in [1.82, 2.24) is 19.5 Å². The minimum atomic E-state index is -5.76. The van der Waals surface area contributed by atoms with Crippen LogP contribution in [0.2, 0.25) is 0 Å². The zero-order chi connectivity index (χ0) is 25.5. The standard InChI is InChI=1S/C10H15N8O13P3/c11-10-14-7-5(8(20)15-10)13-2-18(7)9-6(19)4(16-17-12)3(29-9)1-28-33(24,25)31-34(26,27)30-32(21,22)23/h2-4,6,9,19H,1H2,(H,24,25)(H,26,27)(H2,21,22,23)(H3,11,14,15,20)/t3-,4?,6-,9?/m1/s1. The van der Waals surface area contributed by atoms with Crippen LogP contribution in [0.25, 0.3) is 21.6 Å². The second kappa shape index (κ2) is 9.44. The first-order chi connectivity index (χ1) is 15.6. The summed E-state index contributed by atoms with van der Waals surface area (Å²) in [5, 5.41) is 13.9. The number of hydrogen-bond donors (Lipinski definition) is 7. The number of H-pyrrole nitrogens is 1. The number of aromatic amines is 1. The highest BCUT2D eigenvalue weighted by molar-refractivity contribution is 7.66. The number of ether oxygens (including phenoxy) is 1. The molecule has 0 radical (unpaired) electrons. The van der Waals surface area contributed by atoms with Crippen molar-refractivity contribution < 1.29 is 56.3 Å². The first kappa shape index (κ1) is 26.4. The molecule has 21 nitrogen and oxygen atoms in total. The van der Waals surface area contributed by atoms with Crippen molar-refractivity contribution in [1.29, 1.82) is 0 Å². The van der Waals surface area contributed by atoms with Crippen LogP contribution in [0.15, 0.2) is 16.2 Å². The van der Waals surface area contributed by atoms with Gasteiger partial charge in [-0.05, 0) is 5.53 Å². The quantitative estimate of drug-likeness (QED) is 0.0853. The maximum absolute atomic E-state index is 11.9. The van der Waals surface area contributed by atoms with E-state index >= 15 is 0 Å². The maximum atomic E-state index is 11.9. The van der Waals surface area contributed by atoms with Crippen LogP contribution in [-0.4, -0.2) is 69.1 Å². The highest BCUT2D eigenvalue weighted by atomic mass is 31.3. The summed E-state index contributed by atoms with van der Waals surface area (Å²) in [5.41, 5.74) is 13.3. The van der Waals surface area contributed by atoms with E-state index in [1.165, 1.54) is 0 Å². The fraction of sp³-hybridized carbons (Fsp3) is 0.500. The van der Waals surface area contributed by atoms with Gasteiger partial charge in [-0.15, -0.1) is 0 Å². The molecule has 1 saturated heterocycles. The van der Waals surface area contributed by atoms with Gasteiger partial charge in [0.2, 0.25) is 5.95 Å². The molecule has 0 saturated carbocycles. The van der Waals surface area contributed by atoms with Crippen LogP contribution in [0.3, 0.4) is 0 Å². The van der Waals surface area contributed by atoms with Gasteiger partial charge in [-0.25, -0.2) is 18.7 Å². The monoisotopic (exact) mass is 548 g/mol. The highest BCUT2D eigenvalue weighted by Crippen LogP contribution is 2.66. The number of anilines is 1. The second-order valence-electron chi connectivity index (χ2n) is 6.41. The molecule has 0 bridgehead atoms. The molecule has 3 heterocycles. The number of phosphoric ester groups is 1. The predicted molar refractivity (Wildman–Crippen MR) is 105 cm³/mol. The molecule has 4 unspecified atom stereocenters. The molecular formula is C10H15N8O13P3. The van der Waals surface area contributed by atoms with Gasteiger partial charge in [0.05, 0.1) is 25.1 Å². The van der Waals surface area contributed by atoms with E-state index in [4.69, 9.17) is 25.8 Å². The molecule has 1 fully saturated rings. The first-order valence-electron chi connectivity index (χ1n) is 8.51. The Bertz CT molecular complexity index is 1330. The number of aliphatic hydroxyl groups is 1. The molecule has 24 heteroatoms. The van der Waals surface area contributed by atoms with E-state index in [2.05, 4.69) is 38.1 Å². The number of azide groups is 1. The molecule has 3 rings (SSSR count). The third-order valence-electron chi connectivity index (χ3n) is 4.06. The van der Waals surface area contributed by atoms with E-state index in [1.807, 2.05) is 0 Å². The summed E-state index contributed by atoms with van der Waals surface area (Å²) in [6.07, 6.45) is -3.51. The van der Waals surface area contributed by atoms with E-state index in [9.17, 15) is 33.4 Å². The molecule has 6 atom stereocenters. The number of hydrogen-bond acceptors (Lipinski definition) is 13. The Morgan fingerprint density at radius 3 is 2.56 bits per heavy atom. The second-order valence-corrected chi connectivity index (χ2v) is 10.8. The summed E-state index contributed by atoms with van der Waals surface area (Å²) in [4.78, 5) is 60.2. The van der Waals surface area contributed by atoms with Crippen molar-refractivity contribution in [2.24, 2.45) is 5.11 Å². The third kappa shape index (κ3) is 6.07. The van der Waals surface area contributed by atoms with Gasteiger partial charge in [0, 0.05) is 4.91 Å². The third-order valence-corrected chi connectivity index (χ3v) is 7.87. The minimum Gasteiger partial charge on any atom is -0.388 e. The summed E-state index contributed by atoms with van der Waals surface area (Å²) in [7, 11) is -16.9. The fourth-order valence-electron chi connectivity index (χ4n) is 2.90. The van der Waals surface area contributed by atoms with Gasteiger partial charge < -0.3 is 35.2 Å². The molecule has 2 aromatic heterocycles. The van der Waals surface area contributed by atoms with Crippen LogP contribution in [0.4, 0.5) is 5.95 Å². The molecule has 2 aromatic rings. The molecule has 188 valence electrons. The number of rotatable bonds is 9. The number of aromatic nitrogens is 4. The average Bonchev–Trinajstić information content (AvgIpc) is 3.19. The van der Waals surface area contributed by atoms with Crippen molar-refractivity contribution in [3.63, 3.8) is 0 Å². The van der Waals surface area contributed by atoms with Gasteiger partial charge in [-0.2, -0.15) is 13.6 Å². The van der Waals surface area contributed by atoms with Gasteiger partial charge in [0.25, 0.3) is 5.56 Å². The topological polar surface area (TPSA) is 328 Å². The Balaban J connectivity index is 1.81. The van der Waals surface area contributed by atoms with Crippen LogP contribution < -0.4 is 11.3 Å². The van der Waals surface area contributed by atoms with Crippen molar-refractivity contribution in [3.8, 4) is 0 Å². The number of fused-ring (bicyclic) bond motifs is 1. The van der Waals surface area contributed by atoms with Crippen molar-refractivity contribution >= 4 is 40.6 Å². The van der Waals surface area contributed by atoms with Crippen LogP contribution >= 0.6 is 23.5 Å². The summed E-state index contributed by atoms with van der Waals surface area (Å²) >= 11 is 0. The summed E-state index contributed by atoms with van der Waals surface area (Å²) < 4.78 is 52.2. The van der Waals surface area contributed by atoms with Crippen molar-refractivity contribution in [3.05, 3.63) is 27.1 Å². The average molecular weight is 548 g/mol. The van der Waals surface area contributed by atoms with Gasteiger partial charge in [0.15, 0.2) is 17.4 Å². The molecule has 0 aliphatic carbocycles. The summed E-state index contributed by atoms with van der Waals surface area (Å²) in [6.45, 7) is -1.01. The maximum Gasteiger partial charge on any atom is 0.490 e. The van der Waals surface area contributed by atoms with E-state index < -0.39 is 60.1 Å². The Kier molecular flexibility index (Phi) is 7.33. The lowest BCUT2D eigenvalue weighted by Gasteiger charge is -2.19. The lowest BCUT2D eigenvalue weighted by atomic mass is 10.1. The van der Waals surface area contributed by atoms with Crippen molar-refractivity contribution in [2.75, 3.05) is 12.3 Å². The Hall–Kier alpha value is -2.21. The van der Waals surface area contributed by atoms with E-state index in [0.29, 0.717) is 0 Å². The smallest absolute Gasteiger partial charge is 0.388 e. The highest BCUT2D eigenvalue weighted by Gasteiger charge is 2.47. The van der Waals surface area contributed by atoms with Gasteiger partial charge in [0.1, 0.15) is 6.10 Å². The van der Waals surface area contributed by atoms with Crippen LogP contribution in [0.1, 0.15) is 6.23 Å². The molecule has 1 aliphatic heterocycles. The molecular weight excluding hydrogens is 533 g/mol. The molecule has 0 amide bonds. The van der Waals surface area contributed by atoms with Gasteiger partial charge in [-0.3, -0.25) is 18.9 Å². The molecule has 0 aromatic carbocycles. The number of imidazole rings is 1. The minimum absolute atomic E-state index is 0.126. The fourth-order valence-corrected chi connectivity index (χ4v) is 5.93. The van der Waals surface area contributed by atoms with E-state index in [0.717, 1.165) is 10.9 Å². The first-order valence-corrected chi connectivity index (χ1v) is 13.0. The Labute approximate surface area is 186 Å². The predicted octanol–water partition coefficient (Wildman–Crippen LogP) is -1.02. The normalized spacial score (nSPS) is 26.6. The SMILES string of the molecule is [N-]=[N+]=NC1[C@@H](O)C(n2cnc3c(=O)[nH]c(N)nc32)O[C@@H]1COP(=O)(O)OP(=O)(O)OP(=O)(O)O. The van der Waals surface area contributed by atoms with Crippen LogP contribution in [-0.2, 0) is 31.6 Å². The molecule has 0 spiro atoms. The molecule has 34 heavy (non-hydrogen) atoms. The zero-order valence-electron chi connectivity index (χ0n) is 16.2. The zero-order valence-corrected chi connectivity index (χ0v) is 18.9. The van der Waals surface area contributed by atoms with Crippen molar-refractivity contribution in [2.45, 2.75) is 24.5 Å². The van der Waals surface area contributed by atoms with E-state index in [1.54, 1.807) is 0 Å².